The van der Waals surface area contributed by atoms with E-state index in [1.165, 1.54) is 30.8 Å². The van der Waals surface area contributed by atoms with Gasteiger partial charge < -0.3 is 19.7 Å². The Labute approximate surface area is 298 Å². The second-order valence-electron chi connectivity index (χ2n) is 14.0. The number of nitrogens with zero attached hydrogens (tertiary/aromatic N) is 2. The molecule has 0 spiro atoms. The highest BCUT2D eigenvalue weighted by molar-refractivity contribution is 5.99. The first-order valence-electron chi connectivity index (χ1n) is 17.3. The quantitative estimate of drug-likeness (QED) is 0.0504. The van der Waals surface area contributed by atoms with Gasteiger partial charge in [-0.25, -0.2) is 9.59 Å². The van der Waals surface area contributed by atoms with Crippen molar-refractivity contribution < 1.29 is 24.0 Å². The van der Waals surface area contributed by atoms with Crippen LogP contribution < -0.4 is 5.32 Å². The molecule has 270 valence electrons. The van der Waals surface area contributed by atoms with Crippen molar-refractivity contribution in [3.8, 4) is 0 Å². The van der Waals surface area contributed by atoms with Crippen molar-refractivity contribution in [1.82, 2.24) is 10.2 Å². The molecule has 2 unspecified atom stereocenters. The van der Waals surface area contributed by atoms with E-state index in [1.54, 1.807) is 30.6 Å². The maximum Gasteiger partial charge on any atom is 0.337 e. The van der Waals surface area contributed by atoms with Gasteiger partial charge >= 0.3 is 11.9 Å². The average molecular weight is 686 g/mol. The first-order chi connectivity index (χ1) is 23.6. The molecule has 3 aliphatic rings. The topological polar surface area (TPSA) is 111 Å². The molecule has 1 heterocycles. The molecule has 9 heteroatoms. The minimum atomic E-state index is -1.04. The van der Waals surface area contributed by atoms with Crippen LogP contribution in [0.1, 0.15) is 79.6 Å². The van der Waals surface area contributed by atoms with Crippen LogP contribution in [-0.2, 0) is 19.1 Å². The van der Waals surface area contributed by atoms with Gasteiger partial charge in [0.1, 0.15) is 5.60 Å². The predicted molar refractivity (Wildman–Crippen MR) is 200 cm³/mol. The van der Waals surface area contributed by atoms with Crippen molar-refractivity contribution >= 4 is 11.9 Å². The highest BCUT2D eigenvalue weighted by atomic mass is 16.6. The Morgan fingerprint density at radius 3 is 2.28 bits per heavy atom. The Morgan fingerprint density at radius 2 is 1.72 bits per heavy atom. The van der Waals surface area contributed by atoms with Crippen LogP contribution >= 0.6 is 0 Å². The normalized spacial score (nSPS) is 19.0. The van der Waals surface area contributed by atoms with Crippen LogP contribution in [0.15, 0.2) is 118 Å². The van der Waals surface area contributed by atoms with Crippen molar-refractivity contribution in [2.24, 2.45) is 11.8 Å². The lowest BCUT2D eigenvalue weighted by atomic mass is 9.77. The number of methoxy groups -OCH3 is 1. The summed E-state index contributed by atoms with van der Waals surface area (Å²) in [5.74, 6) is -2.17. The number of carbonyl (C=O) groups excluding carboxylic acids is 2. The van der Waals surface area contributed by atoms with Gasteiger partial charge in [-0.05, 0) is 91.0 Å². The summed E-state index contributed by atoms with van der Waals surface area (Å²) in [6.07, 6.45) is 15.7. The lowest BCUT2D eigenvalue weighted by Gasteiger charge is -2.35. The second kappa shape index (κ2) is 17.4. The number of nitrogens with one attached hydrogen (secondary N) is 1. The number of esters is 2. The van der Waals surface area contributed by atoms with Gasteiger partial charge in [-0.3, -0.25) is 10.1 Å². The number of allylic oxidation sites excluding steroid dienone is 13. The molecule has 2 aliphatic carbocycles. The van der Waals surface area contributed by atoms with E-state index < -0.39 is 28.4 Å². The minimum Gasteiger partial charge on any atom is -0.466 e. The van der Waals surface area contributed by atoms with Crippen LogP contribution in [-0.4, -0.2) is 54.6 Å². The van der Waals surface area contributed by atoms with E-state index in [0.29, 0.717) is 17.9 Å². The predicted octanol–water partition coefficient (Wildman–Crippen LogP) is 8.37. The lowest BCUT2D eigenvalue weighted by Crippen LogP contribution is -2.43. The van der Waals surface area contributed by atoms with E-state index in [1.807, 2.05) is 33.0 Å². The molecule has 9 nitrogen and oxygen atoms in total. The van der Waals surface area contributed by atoms with Gasteiger partial charge in [0.2, 0.25) is 0 Å². The number of rotatable bonds is 18. The van der Waals surface area contributed by atoms with Gasteiger partial charge in [-0.2, -0.15) is 0 Å². The van der Waals surface area contributed by atoms with E-state index in [0.717, 1.165) is 51.1 Å². The summed E-state index contributed by atoms with van der Waals surface area (Å²) in [7, 11) is 3.25. The molecule has 3 rings (SSSR count). The zero-order valence-corrected chi connectivity index (χ0v) is 31.1. The van der Waals surface area contributed by atoms with Crippen molar-refractivity contribution in [2.45, 2.75) is 85.2 Å². The smallest absolute Gasteiger partial charge is 0.337 e. The van der Waals surface area contributed by atoms with Crippen LogP contribution in [0.5, 0.6) is 0 Å². The van der Waals surface area contributed by atoms with Crippen molar-refractivity contribution in [3.05, 3.63) is 128 Å². The minimum absolute atomic E-state index is 0.119. The number of hydrogen-bond donors (Lipinski definition) is 1. The van der Waals surface area contributed by atoms with E-state index in [-0.39, 0.29) is 28.3 Å². The molecule has 0 radical (unpaired) electrons. The number of ether oxygens (including phenoxy) is 2. The molecular weight excluding hydrogens is 630 g/mol. The molecular formula is C41H55N3O6. The Kier molecular flexibility index (Phi) is 13.9. The first kappa shape index (κ1) is 39.9. The number of dihydropyridines is 1. The van der Waals surface area contributed by atoms with Crippen LogP contribution in [0, 0.1) is 22.0 Å². The SMILES string of the molecule is C=C/C=C(\C=C)C(CCN(C)CC(C)(C)OC(=O)C1=C(C)NC(C)=C(C(=O)OC)C1C(=C)/C=C(\C=C)[N+](=O)[O-])C1=C2CCC(=C(CCC)C1)C2. The first-order valence-corrected chi connectivity index (χ1v) is 17.3. The van der Waals surface area contributed by atoms with E-state index >= 15 is 0 Å². The van der Waals surface area contributed by atoms with E-state index in [2.05, 4.69) is 49.5 Å². The highest BCUT2D eigenvalue weighted by Crippen LogP contribution is 2.47. The Hall–Kier alpha value is -4.50. The largest absolute Gasteiger partial charge is 0.466 e. The molecule has 2 atom stereocenters. The van der Waals surface area contributed by atoms with Gasteiger partial charge in [0.25, 0.3) is 5.70 Å². The van der Waals surface area contributed by atoms with E-state index in [9.17, 15) is 19.7 Å². The number of fused-ring (bicyclic) bond motifs is 2. The molecule has 1 N–H and O–H groups in total. The Balaban J connectivity index is 1.84. The summed E-state index contributed by atoms with van der Waals surface area (Å²) in [5, 5.41) is 14.7. The molecule has 50 heavy (non-hydrogen) atoms. The van der Waals surface area contributed by atoms with Gasteiger partial charge in [0, 0.05) is 36.0 Å². The molecule has 1 aliphatic heterocycles. The summed E-state index contributed by atoms with van der Waals surface area (Å²) >= 11 is 0. The van der Waals surface area contributed by atoms with Crippen molar-refractivity contribution in [2.75, 3.05) is 27.2 Å². The monoisotopic (exact) mass is 685 g/mol. The van der Waals surface area contributed by atoms with Crippen LogP contribution in [0.3, 0.4) is 0 Å². The summed E-state index contributed by atoms with van der Waals surface area (Å²) in [6.45, 7) is 26.1. The van der Waals surface area contributed by atoms with Gasteiger partial charge in [0.15, 0.2) is 0 Å². The summed E-state index contributed by atoms with van der Waals surface area (Å²) in [6, 6.07) is 0. The van der Waals surface area contributed by atoms with Crippen molar-refractivity contribution in [1.29, 1.82) is 0 Å². The Bertz CT molecular complexity index is 1630. The molecule has 2 bridgehead atoms. The zero-order valence-electron chi connectivity index (χ0n) is 31.1. The van der Waals surface area contributed by atoms with Crippen molar-refractivity contribution in [3.63, 3.8) is 0 Å². The second-order valence-corrected chi connectivity index (χ2v) is 14.0. The van der Waals surface area contributed by atoms with Gasteiger partial charge in [-0.15, -0.1) is 0 Å². The zero-order chi connectivity index (χ0) is 37.3. The fraction of sp³-hybridized carbons (Fsp3) is 0.463. The average Bonchev–Trinajstić information content (AvgIpc) is 3.47. The fourth-order valence-electron chi connectivity index (χ4n) is 7.63. The standard InChI is InChI=1S/C41H55N3O6/c1-12-16-29(14-3)34(35-24-30(17-13-2)31-18-19-32(35)23-31)20-21-43(10)25-41(8,9)50-40(46)38-28(7)42-27(6)37(39(45)49-11)36(38)26(5)22-33(15-4)44(47)48/h12,14-16,22,34,36,42H,1,3-5,13,17-21,23-25H2,2,6-11H3/b29-16+,33-22+. The molecule has 1 fully saturated rings. The van der Waals surface area contributed by atoms with E-state index in [4.69, 9.17) is 9.47 Å². The lowest BCUT2D eigenvalue weighted by molar-refractivity contribution is -0.419. The summed E-state index contributed by atoms with van der Waals surface area (Å²) in [5.41, 5.74) is 7.55. The molecule has 0 aromatic carbocycles. The summed E-state index contributed by atoms with van der Waals surface area (Å²) < 4.78 is 11.2. The van der Waals surface area contributed by atoms with Crippen LogP contribution in [0.2, 0.25) is 0 Å². The van der Waals surface area contributed by atoms with Gasteiger partial charge in [-0.1, -0.05) is 80.2 Å². The third-order valence-electron chi connectivity index (χ3n) is 9.76. The number of hydrogen-bond acceptors (Lipinski definition) is 8. The Morgan fingerprint density at radius 1 is 1.08 bits per heavy atom. The van der Waals surface area contributed by atoms with Crippen LogP contribution in [0.25, 0.3) is 0 Å². The number of likely N-dealkylation sites (N-methyl/N-ethyl adjacent to an activating group) is 1. The summed E-state index contributed by atoms with van der Waals surface area (Å²) in [4.78, 5) is 40.2. The maximum absolute atomic E-state index is 14.0. The molecule has 0 aromatic rings. The van der Waals surface area contributed by atoms with Gasteiger partial charge in [0.05, 0.1) is 29.1 Å². The molecule has 0 aromatic heterocycles. The van der Waals surface area contributed by atoms with Crippen LogP contribution in [0.4, 0.5) is 0 Å². The number of carbonyl (C=O) groups is 2. The highest BCUT2D eigenvalue weighted by Gasteiger charge is 2.40. The number of nitro groups is 1. The molecule has 1 saturated carbocycles. The molecule has 0 amide bonds. The third-order valence-corrected chi connectivity index (χ3v) is 9.76. The molecule has 0 saturated heterocycles. The fourth-order valence-corrected chi connectivity index (χ4v) is 7.63. The third kappa shape index (κ3) is 9.38. The maximum atomic E-state index is 14.0.